The van der Waals surface area contributed by atoms with Crippen LogP contribution in [0.25, 0.3) is 0 Å². The second kappa shape index (κ2) is 4.80. The summed E-state index contributed by atoms with van der Waals surface area (Å²) in [5.74, 6) is 0.572. The number of nitrogens with one attached hydrogen (secondary N) is 1. The summed E-state index contributed by atoms with van der Waals surface area (Å²) in [6.07, 6.45) is 3.31. The van der Waals surface area contributed by atoms with Crippen molar-refractivity contribution in [2.75, 3.05) is 25.0 Å². The molecule has 1 aromatic rings. The van der Waals surface area contributed by atoms with Gasteiger partial charge in [-0.3, -0.25) is 0 Å². The molecule has 0 amide bonds. The Balaban J connectivity index is 1.89. The molecule has 0 aromatic heterocycles. The Labute approximate surface area is 114 Å². The second-order valence-electron chi connectivity index (χ2n) is 5.39. The highest BCUT2D eigenvalue weighted by Crippen LogP contribution is 2.32. The lowest BCUT2D eigenvalue weighted by molar-refractivity contribution is 0.412. The molecule has 0 unspecified atom stereocenters. The van der Waals surface area contributed by atoms with E-state index in [1.807, 2.05) is 13.0 Å². The molecule has 1 aliphatic heterocycles. The third-order valence-electron chi connectivity index (χ3n) is 3.94. The van der Waals surface area contributed by atoms with Gasteiger partial charge in [-0.1, -0.05) is 13.0 Å². The molecule has 4 nitrogen and oxygen atoms in total. The average Bonchev–Trinajstić information content (AvgIpc) is 3.10. The summed E-state index contributed by atoms with van der Waals surface area (Å²) in [6, 6.07) is 5.47. The molecule has 1 N–H and O–H groups in total. The zero-order valence-electron chi connectivity index (χ0n) is 11.2. The van der Waals surface area contributed by atoms with E-state index in [2.05, 4.69) is 5.32 Å². The first-order valence-corrected chi connectivity index (χ1v) is 8.42. The van der Waals surface area contributed by atoms with Crippen molar-refractivity contribution in [1.29, 1.82) is 0 Å². The summed E-state index contributed by atoms with van der Waals surface area (Å²) >= 11 is 0. The summed E-state index contributed by atoms with van der Waals surface area (Å²) in [6.45, 7) is 4.02. The molecule has 0 saturated heterocycles. The first kappa shape index (κ1) is 12.9. The molecule has 0 bridgehead atoms. The van der Waals surface area contributed by atoms with Crippen molar-refractivity contribution in [3.05, 3.63) is 23.8 Å². The third kappa shape index (κ3) is 2.49. The van der Waals surface area contributed by atoms with Crippen molar-refractivity contribution in [3.8, 4) is 0 Å². The van der Waals surface area contributed by atoms with E-state index in [4.69, 9.17) is 0 Å². The molecule has 1 heterocycles. The molecule has 0 spiro atoms. The lowest BCUT2D eigenvalue weighted by Crippen LogP contribution is -2.32. The highest BCUT2D eigenvalue weighted by atomic mass is 32.2. The summed E-state index contributed by atoms with van der Waals surface area (Å²) < 4.78 is 26.9. The molecule has 1 aliphatic carbocycles. The third-order valence-corrected chi connectivity index (χ3v) is 5.88. The summed E-state index contributed by atoms with van der Waals surface area (Å²) in [5, 5.41) is 3.24. The maximum Gasteiger partial charge on any atom is 0.243 e. The van der Waals surface area contributed by atoms with Crippen LogP contribution in [0, 0.1) is 5.92 Å². The van der Waals surface area contributed by atoms with E-state index in [1.165, 1.54) is 5.56 Å². The quantitative estimate of drug-likeness (QED) is 0.898. The Morgan fingerprint density at radius 2 is 2.16 bits per heavy atom. The SMILES string of the molecule is CCN(CC1CC1)S(=O)(=O)c1ccc2c(c1)NCC2. The van der Waals surface area contributed by atoms with Crippen molar-refractivity contribution >= 4 is 15.7 Å². The topological polar surface area (TPSA) is 49.4 Å². The molecule has 1 saturated carbocycles. The maximum atomic E-state index is 12.6. The van der Waals surface area contributed by atoms with Crippen LogP contribution in [0.2, 0.25) is 0 Å². The molecular weight excluding hydrogens is 260 g/mol. The van der Waals surface area contributed by atoms with Gasteiger partial charge in [0.05, 0.1) is 4.90 Å². The normalized spacial score (nSPS) is 18.4. The average molecular weight is 280 g/mol. The zero-order valence-corrected chi connectivity index (χ0v) is 12.0. The molecule has 0 radical (unpaired) electrons. The number of hydrogen-bond donors (Lipinski definition) is 1. The van der Waals surface area contributed by atoms with E-state index in [0.29, 0.717) is 23.9 Å². The molecule has 1 aromatic carbocycles. The van der Waals surface area contributed by atoms with E-state index in [1.54, 1.807) is 16.4 Å². The van der Waals surface area contributed by atoms with E-state index < -0.39 is 10.0 Å². The fourth-order valence-electron chi connectivity index (χ4n) is 2.57. The van der Waals surface area contributed by atoms with Crippen molar-refractivity contribution < 1.29 is 8.42 Å². The highest BCUT2D eigenvalue weighted by Gasteiger charge is 2.31. The van der Waals surface area contributed by atoms with Crippen LogP contribution in [0.1, 0.15) is 25.3 Å². The van der Waals surface area contributed by atoms with E-state index >= 15 is 0 Å². The lowest BCUT2D eigenvalue weighted by atomic mass is 10.2. The van der Waals surface area contributed by atoms with Crippen LogP contribution >= 0.6 is 0 Å². The number of fused-ring (bicyclic) bond motifs is 1. The van der Waals surface area contributed by atoms with Crippen LogP contribution in [0.4, 0.5) is 5.69 Å². The first-order valence-electron chi connectivity index (χ1n) is 6.98. The Morgan fingerprint density at radius 3 is 2.84 bits per heavy atom. The fourth-order valence-corrected chi connectivity index (χ4v) is 4.12. The number of sulfonamides is 1. The van der Waals surface area contributed by atoms with Gasteiger partial charge < -0.3 is 5.32 Å². The number of nitrogens with zero attached hydrogens (tertiary/aromatic N) is 1. The van der Waals surface area contributed by atoms with Crippen molar-refractivity contribution in [2.24, 2.45) is 5.92 Å². The molecule has 0 atom stereocenters. The predicted octanol–water partition coefficient (Wildman–Crippen LogP) is 2.08. The lowest BCUT2D eigenvalue weighted by Gasteiger charge is -2.20. The molecule has 2 aliphatic rings. The van der Waals surface area contributed by atoms with Gasteiger partial charge in [-0.2, -0.15) is 4.31 Å². The summed E-state index contributed by atoms with van der Waals surface area (Å²) in [5.41, 5.74) is 2.19. The van der Waals surface area contributed by atoms with E-state index in [-0.39, 0.29) is 0 Å². The molecule has 104 valence electrons. The largest absolute Gasteiger partial charge is 0.384 e. The molecule has 19 heavy (non-hydrogen) atoms. The zero-order chi connectivity index (χ0) is 13.5. The predicted molar refractivity (Wildman–Crippen MR) is 75.8 cm³/mol. The van der Waals surface area contributed by atoms with Gasteiger partial charge in [0, 0.05) is 25.3 Å². The monoisotopic (exact) mass is 280 g/mol. The van der Waals surface area contributed by atoms with Crippen LogP contribution in [0.15, 0.2) is 23.1 Å². The Morgan fingerprint density at radius 1 is 1.37 bits per heavy atom. The summed E-state index contributed by atoms with van der Waals surface area (Å²) in [4.78, 5) is 0.420. The van der Waals surface area contributed by atoms with Gasteiger partial charge in [-0.25, -0.2) is 8.42 Å². The number of anilines is 1. The maximum absolute atomic E-state index is 12.6. The van der Waals surface area contributed by atoms with Gasteiger partial charge in [0.15, 0.2) is 0 Å². The Kier molecular flexibility index (Phi) is 3.27. The van der Waals surface area contributed by atoms with Crippen LogP contribution in [-0.4, -0.2) is 32.4 Å². The van der Waals surface area contributed by atoms with Gasteiger partial charge in [0.2, 0.25) is 10.0 Å². The van der Waals surface area contributed by atoms with Crippen LogP contribution in [-0.2, 0) is 16.4 Å². The van der Waals surface area contributed by atoms with Crippen LogP contribution < -0.4 is 5.32 Å². The molecule has 5 heteroatoms. The molecular formula is C14H20N2O2S. The Bertz CT molecular complexity index is 579. The van der Waals surface area contributed by atoms with Crippen LogP contribution in [0.3, 0.4) is 0 Å². The van der Waals surface area contributed by atoms with Crippen LogP contribution in [0.5, 0.6) is 0 Å². The Hall–Kier alpha value is -1.07. The summed E-state index contributed by atoms with van der Waals surface area (Å²) in [7, 11) is -3.33. The van der Waals surface area contributed by atoms with Gasteiger partial charge >= 0.3 is 0 Å². The second-order valence-corrected chi connectivity index (χ2v) is 7.33. The molecule has 3 rings (SSSR count). The smallest absolute Gasteiger partial charge is 0.243 e. The number of benzene rings is 1. The fraction of sp³-hybridized carbons (Fsp3) is 0.571. The minimum absolute atomic E-state index is 0.420. The van der Waals surface area contributed by atoms with E-state index in [0.717, 1.165) is 31.5 Å². The minimum atomic E-state index is -3.33. The number of hydrogen-bond acceptors (Lipinski definition) is 3. The van der Waals surface area contributed by atoms with Gasteiger partial charge in [0.1, 0.15) is 0 Å². The van der Waals surface area contributed by atoms with Gasteiger partial charge in [0.25, 0.3) is 0 Å². The molecule has 1 fully saturated rings. The standard InChI is InChI=1S/C14H20N2O2S/c1-2-16(10-11-3-4-11)19(17,18)13-6-5-12-7-8-15-14(12)9-13/h5-6,9,11,15H,2-4,7-8,10H2,1H3. The number of rotatable bonds is 5. The van der Waals surface area contributed by atoms with E-state index in [9.17, 15) is 8.42 Å². The van der Waals surface area contributed by atoms with Crippen molar-refractivity contribution in [1.82, 2.24) is 4.31 Å². The van der Waals surface area contributed by atoms with Crippen molar-refractivity contribution in [2.45, 2.75) is 31.1 Å². The minimum Gasteiger partial charge on any atom is -0.384 e. The van der Waals surface area contributed by atoms with Crippen molar-refractivity contribution in [3.63, 3.8) is 0 Å². The van der Waals surface area contributed by atoms with Gasteiger partial charge in [-0.15, -0.1) is 0 Å². The first-order chi connectivity index (χ1) is 9.11. The highest BCUT2D eigenvalue weighted by molar-refractivity contribution is 7.89. The van der Waals surface area contributed by atoms with Gasteiger partial charge in [-0.05, 0) is 42.9 Å².